The summed E-state index contributed by atoms with van der Waals surface area (Å²) < 4.78 is 6.45. The Morgan fingerprint density at radius 3 is 2.41 bits per heavy atom. The van der Waals surface area contributed by atoms with Crippen LogP contribution in [-0.4, -0.2) is 12.0 Å². The molecular weight excluding hydrogens is 341 g/mol. The maximum absolute atomic E-state index is 12.0. The molecule has 0 saturated heterocycles. The van der Waals surface area contributed by atoms with Crippen LogP contribution in [0.25, 0.3) is 0 Å². The van der Waals surface area contributed by atoms with Gasteiger partial charge in [-0.3, -0.25) is 4.79 Å². The minimum atomic E-state index is -0.222. The topological polar surface area (TPSA) is 38.3 Å². The molecule has 0 bridgehead atoms. The molecule has 0 unspecified atom stereocenters. The molecule has 1 amide bonds. The second-order valence-electron chi connectivity index (χ2n) is 5.10. The summed E-state index contributed by atoms with van der Waals surface area (Å²) in [4.78, 5) is 12.0. The van der Waals surface area contributed by atoms with Crippen LogP contribution in [0.2, 0.25) is 8.67 Å². The highest BCUT2D eigenvalue weighted by Gasteiger charge is 2.13. The molecule has 22 heavy (non-hydrogen) atoms. The van der Waals surface area contributed by atoms with Crippen LogP contribution in [0.5, 0.6) is 0 Å². The lowest BCUT2D eigenvalue weighted by molar-refractivity contribution is 0.0657. The molecule has 2 aromatic rings. The average molecular weight is 358 g/mol. The third-order valence-corrected chi connectivity index (χ3v) is 4.45. The number of ether oxygens (including phenoxy) is 1. The van der Waals surface area contributed by atoms with E-state index in [0.29, 0.717) is 27.4 Å². The Hall–Kier alpha value is -1.07. The lowest BCUT2D eigenvalue weighted by atomic mass is 10.1. The molecule has 3 nitrogen and oxygen atoms in total. The number of nitrogens with one attached hydrogen (secondary N) is 1. The van der Waals surface area contributed by atoms with E-state index in [-0.39, 0.29) is 12.0 Å². The summed E-state index contributed by atoms with van der Waals surface area (Å²) in [6.45, 7) is 5.04. The van der Waals surface area contributed by atoms with Crippen LogP contribution in [0, 0.1) is 0 Å². The van der Waals surface area contributed by atoms with E-state index in [1.54, 1.807) is 6.07 Å². The van der Waals surface area contributed by atoms with Crippen LogP contribution in [0.15, 0.2) is 30.3 Å². The van der Waals surface area contributed by atoms with Crippen LogP contribution in [0.3, 0.4) is 0 Å². The predicted octanol–water partition coefficient (Wildman–Crippen LogP) is 4.91. The molecule has 2 rings (SSSR count). The van der Waals surface area contributed by atoms with Crippen molar-refractivity contribution in [3.05, 3.63) is 55.7 Å². The van der Waals surface area contributed by atoms with E-state index in [9.17, 15) is 4.79 Å². The minimum absolute atomic E-state index is 0.209. The quantitative estimate of drug-likeness (QED) is 0.797. The molecule has 0 atom stereocenters. The Morgan fingerprint density at radius 2 is 1.86 bits per heavy atom. The van der Waals surface area contributed by atoms with Crippen molar-refractivity contribution in [3.8, 4) is 0 Å². The SMILES string of the molecule is CC(C)OCc1ccc(CNC(=O)c2cc(Cl)sc2Cl)cc1. The number of hydrogen-bond donors (Lipinski definition) is 1. The third kappa shape index (κ3) is 4.99. The zero-order valence-electron chi connectivity index (χ0n) is 12.4. The van der Waals surface area contributed by atoms with Gasteiger partial charge >= 0.3 is 0 Å². The van der Waals surface area contributed by atoms with Gasteiger partial charge in [0, 0.05) is 6.54 Å². The number of hydrogen-bond acceptors (Lipinski definition) is 3. The number of carbonyl (C=O) groups excluding carboxylic acids is 1. The maximum atomic E-state index is 12.0. The Balaban J connectivity index is 1.89. The molecule has 118 valence electrons. The van der Waals surface area contributed by atoms with Crippen molar-refractivity contribution in [2.75, 3.05) is 0 Å². The molecule has 1 N–H and O–H groups in total. The smallest absolute Gasteiger partial charge is 0.253 e. The van der Waals surface area contributed by atoms with Crippen molar-refractivity contribution in [2.24, 2.45) is 0 Å². The first-order chi connectivity index (χ1) is 10.5. The maximum Gasteiger partial charge on any atom is 0.253 e. The van der Waals surface area contributed by atoms with E-state index in [1.807, 2.05) is 38.1 Å². The highest BCUT2D eigenvalue weighted by atomic mass is 35.5. The second-order valence-corrected chi connectivity index (χ2v) is 7.38. The van der Waals surface area contributed by atoms with Crippen molar-refractivity contribution in [1.29, 1.82) is 0 Å². The first kappa shape index (κ1) is 17.3. The number of benzene rings is 1. The normalized spacial score (nSPS) is 11.0. The van der Waals surface area contributed by atoms with Crippen molar-refractivity contribution in [1.82, 2.24) is 5.32 Å². The number of amides is 1. The van der Waals surface area contributed by atoms with Gasteiger partial charge in [0.2, 0.25) is 0 Å². The first-order valence-electron chi connectivity index (χ1n) is 6.88. The molecule has 0 aliphatic carbocycles. The summed E-state index contributed by atoms with van der Waals surface area (Å²) in [7, 11) is 0. The van der Waals surface area contributed by atoms with Gasteiger partial charge < -0.3 is 10.1 Å². The molecule has 1 heterocycles. The summed E-state index contributed by atoms with van der Waals surface area (Å²) in [6.07, 6.45) is 0.209. The molecule has 0 aliphatic heterocycles. The van der Waals surface area contributed by atoms with Gasteiger partial charge in [0.15, 0.2) is 0 Å². The van der Waals surface area contributed by atoms with E-state index in [2.05, 4.69) is 5.32 Å². The van der Waals surface area contributed by atoms with Crippen LogP contribution in [0.4, 0.5) is 0 Å². The van der Waals surface area contributed by atoms with E-state index in [0.717, 1.165) is 11.1 Å². The number of halogens is 2. The fraction of sp³-hybridized carbons (Fsp3) is 0.312. The zero-order valence-corrected chi connectivity index (χ0v) is 14.7. The van der Waals surface area contributed by atoms with Crippen molar-refractivity contribution in [2.45, 2.75) is 33.1 Å². The van der Waals surface area contributed by atoms with Gasteiger partial charge in [-0.25, -0.2) is 0 Å². The lowest BCUT2D eigenvalue weighted by Gasteiger charge is -2.09. The average Bonchev–Trinajstić information content (AvgIpc) is 2.82. The third-order valence-electron chi connectivity index (χ3n) is 2.96. The standard InChI is InChI=1S/C16H17Cl2NO2S/c1-10(2)21-9-12-5-3-11(4-6-12)8-19-16(20)13-7-14(17)22-15(13)18/h3-7,10H,8-9H2,1-2H3,(H,19,20). The van der Waals surface area contributed by atoms with Gasteiger partial charge in [-0.05, 0) is 31.0 Å². The van der Waals surface area contributed by atoms with Gasteiger partial charge in [-0.2, -0.15) is 0 Å². The summed E-state index contributed by atoms with van der Waals surface area (Å²) in [6, 6.07) is 9.52. The number of rotatable bonds is 6. The molecule has 0 saturated carbocycles. The molecule has 0 radical (unpaired) electrons. The second kappa shape index (κ2) is 7.97. The van der Waals surface area contributed by atoms with Crippen LogP contribution in [0.1, 0.15) is 35.3 Å². The molecule has 0 spiro atoms. The largest absolute Gasteiger partial charge is 0.374 e. The first-order valence-corrected chi connectivity index (χ1v) is 8.45. The fourth-order valence-electron chi connectivity index (χ4n) is 1.79. The van der Waals surface area contributed by atoms with Crippen LogP contribution >= 0.6 is 34.5 Å². The van der Waals surface area contributed by atoms with Crippen molar-refractivity contribution >= 4 is 40.4 Å². The van der Waals surface area contributed by atoms with E-state index in [4.69, 9.17) is 27.9 Å². The van der Waals surface area contributed by atoms with Gasteiger partial charge in [0.05, 0.1) is 22.6 Å². The Kier molecular flexibility index (Phi) is 6.26. The molecule has 6 heteroatoms. The number of thiophene rings is 1. The van der Waals surface area contributed by atoms with Crippen molar-refractivity contribution < 1.29 is 9.53 Å². The summed E-state index contributed by atoms with van der Waals surface area (Å²) in [5.41, 5.74) is 2.54. The van der Waals surface area contributed by atoms with Crippen LogP contribution in [-0.2, 0) is 17.9 Å². The Bertz CT molecular complexity index is 638. The van der Waals surface area contributed by atoms with Gasteiger partial charge in [0.1, 0.15) is 4.34 Å². The van der Waals surface area contributed by atoms with E-state index >= 15 is 0 Å². The van der Waals surface area contributed by atoms with E-state index in [1.165, 1.54) is 11.3 Å². The van der Waals surface area contributed by atoms with E-state index < -0.39 is 0 Å². The highest BCUT2D eigenvalue weighted by Crippen LogP contribution is 2.30. The molecule has 0 fully saturated rings. The number of carbonyl (C=O) groups is 1. The fourth-order valence-corrected chi connectivity index (χ4v) is 3.25. The van der Waals surface area contributed by atoms with Gasteiger partial charge in [-0.15, -0.1) is 11.3 Å². The van der Waals surface area contributed by atoms with Gasteiger partial charge in [-0.1, -0.05) is 47.5 Å². The predicted molar refractivity (Wildman–Crippen MR) is 91.9 cm³/mol. The monoisotopic (exact) mass is 357 g/mol. The highest BCUT2D eigenvalue weighted by molar-refractivity contribution is 7.20. The Labute approximate surface area is 144 Å². The lowest BCUT2D eigenvalue weighted by Crippen LogP contribution is -2.22. The molecule has 0 aliphatic rings. The summed E-state index contributed by atoms with van der Waals surface area (Å²) in [5, 5.41) is 2.83. The molecule has 1 aromatic heterocycles. The molecular formula is C16H17Cl2NO2S. The Morgan fingerprint density at radius 1 is 1.23 bits per heavy atom. The summed E-state index contributed by atoms with van der Waals surface area (Å²) in [5.74, 6) is -0.222. The summed E-state index contributed by atoms with van der Waals surface area (Å²) >= 11 is 13.0. The van der Waals surface area contributed by atoms with Crippen molar-refractivity contribution in [3.63, 3.8) is 0 Å². The molecule has 1 aromatic carbocycles. The minimum Gasteiger partial charge on any atom is -0.374 e. The zero-order chi connectivity index (χ0) is 16.1. The van der Waals surface area contributed by atoms with Crippen LogP contribution < -0.4 is 5.32 Å². The van der Waals surface area contributed by atoms with Gasteiger partial charge in [0.25, 0.3) is 5.91 Å².